The molecule has 0 fully saturated rings. The molecule has 0 aromatic heterocycles. The van der Waals surface area contributed by atoms with Gasteiger partial charge in [0.1, 0.15) is 18.4 Å². The zero-order valence-electron chi connectivity index (χ0n) is 24.3. The van der Waals surface area contributed by atoms with Gasteiger partial charge >= 0.3 is 0 Å². The Balaban J connectivity index is 1.76. The number of halogens is 1. The number of rotatable bonds is 13. The van der Waals surface area contributed by atoms with Gasteiger partial charge in [-0.1, -0.05) is 92.7 Å². The van der Waals surface area contributed by atoms with Crippen LogP contribution < -0.4 is 9.62 Å². The van der Waals surface area contributed by atoms with Gasteiger partial charge in [-0.15, -0.1) is 0 Å². The fraction of sp³-hybridized carbons (Fsp3) is 0.235. The molecule has 0 spiro atoms. The van der Waals surface area contributed by atoms with Crippen molar-refractivity contribution < 1.29 is 22.4 Å². The molecule has 43 heavy (non-hydrogen) atoms. The van der Waals surface area contributed by atoms with E-state index in [9.17, 15) is 22.4 Å². The second-order valence-corrected chi connectivity index (χ2v) is 12.5. The van der Waals surface area contributed by atoms with Gasteiger partial charge in [0.15, 0.2) is 0 Å². The molecule has 4 rings (SSSR count). The van der Waals surface area contributed by atoms with Crippen molar-refractivity contribution in [1.29, 1.82) is 0 Å². The molecule has 7 nitrogen and oxygen atoms in total. The van der Waals surface area contributed by atoms with Gasteiger partial charge in [0.05, 0.1) is 10.6 Å². The normalized spacial score (nSPS) is 12.0. The molecule has 0 aliphatic rings. The maximum Gasteiger partial charge on any atom is 0.264 e. The van der Waals surface area contributed by atoms with Gasteiger partial charge in [-0.05, 0) is 53.4 Å². The van der Waals surface area contributed by atoms with E-state index in [1.165, 1.54) is 17.0 Å². The largest absolute Gasteiger partial charge is 0.354 e. The predicted molar refractivity (Wildman–Crippen MR) is 166 cm³/mol. The summed E-state index contributed by atoms with van der Waals surface area (Å²) in [5.74, 6) is -1.27. The molecule has 1 atom stereocenters. The standard InChI is InChI=1S/C34H36FN3O4S/c1-26(2)23-36-34(40)32(22-27-12-6-3-7-13-27)37(24-28-14-8-4-9-15-28)33(39)25-38(30-16-10-5-11-17-30)43(41,42)31-20-18-29(35)19-21-31/h3-21,26,32H,22-25H2,1-2H3,(H,36,40)/t32-/m0/s1. The molecular weight excluding hydrogens is 565 g/mol. The third-order valence-electron chi connectivity index (χ3n) is 6.88. The highest BCUT2D eigenvalue weighted by Crippen LogP contribution is 2.25. The van der Waals surface area contributed by atoms with E-state index in [2.05, 4.69) is 5.32 Å². The molecule has 0 saturated heterocycles. The maximum absolute atomic E-state index is 14.3. The lowest BCUT2D eigenvalue weighted by molar-refractivity contribution is -0.140. The fourth-order valence-electron chi connectivity index (χ4n) is 4.61. The van der Waals surface area contributed by atoms with Crippen molar-refractivity contribution in [2.24, 2.45) is 5.92 Å². The molecule has 0 aliphatic heterocycles. The predicted octanol–water partition coefficient (Wildman–Crippen LogP) is 5.43. The molecule has 0 saturated carbocycles. The van der Waals surface area contributed by atoms with Crippen LogP contribution in [0.15, 0.2) is 120 Å². The summed E-state index contributed by atoms with van der Waals surface area (Å²) in [5, 5.41) is 2.97. The lowest BCUT2D eigenvalue weighted by Crippen LogP contribution is -2.53. The molecule has 4 aromatic carbocycles. The number of amides is 2. The Morgan fingerprint density at radius 2 is 1.30 bits per heavy atom. The van der Waals surface area contributed by atoms with E-state index in [1.807, 2.05) is 74.5 Å². The number of sulfonamides is 1. The van der Waals surface area contributed by atoms with Crippen LogP contribution in [0.3, 0.4) is 0 Å². The summed E-state index contributed by atoms with van der Waals surface area (Å²) in [6.07, 6.45) is 0.236. The zero-order valence-corrected chi connectivity index (χ0v) is 25.1. The molecule has 0 heterocycles. The summed E-state index contributed by atoms with van der Waals surface area (Å²) < 4.78 is 42.4. The maximum atomic E-state index is 14.3. The molecule has 1 N–H and O–H groups in total. The van der Waals surface area contributed by atoms with Gasteiger partial charge in [-0.3, -0.25) is 13.9 Å². The highest BCUT2D eigenvalue weighted by atomic mass is 32.2. The summed E-state index contributed by atoms with van der Waals surface area (Å²) in [4.78, 5) is 29.3. The number of carbonyl (C=O) groups excluding carboxylic acids is 2. The van der Waals surface area contributed by atoms with Crippen LogP contribution in [0.2, 0.25) is 0 Å². The first-order valence-electron chi connectivity index (χ1n) is 14.1. The van der Waals surface area contributed by atoms with Crippen molar-refractivity contribution in [1.82, 2.24) is 10.2 Å². The molecule has 224 valence electrons. The van der Waals surface area contributed by atoms with Gasteiger partial charge in [0.2, 0.25) is 11.8 Å². The van der Waals surface area contributed by atoms with E-state index in [0.717, 1.165) is 27.6 Å². The van der Waals surface area contributed by atoms with Crippen LogP contribution >= 0.6 is 0 Å². The van der Waals surface area contributed by atoms with Crippen LogP contribution in [0.5, 0.6) is 0 Å². The lowest BCUT2D eigenvalue weighted by Gasteiger charge is -2.34. The minimum Gasteiger partial charge on any atom is -0.354 e. The van der Waals surface area contributed by atoms with E-state index in [0.29, 0.717) is 6.54 Å². The fourth-order valence-corrected chi connectivity index (χ4v) is 6.03. The Hall–Kier alpha value is -4.50. The number of hydrogen-bond donors (Lipinski definition) is 1. The van der Waals surface area contributed by atoms with Crippen molar-refractivity contribution in [2.45, 2.75) is 37.8 Å². The van der Waals surface area contributed by atoms with E-state index in [1.54, 1.807) is 30.3 Å². The highest BCUT2D eigenvalue weighted by molar-refractivity contribution is 7.92. The molecule has 0 aliphatic carbocycles. The quantitative estimate of drug-likeness (QED) is 0.221. The van der Waals surface area contributed by atoms with Gasteiger partial charge in [-0.2, -0.15) is 0 Å². The average Bonchev–Trinajstić information content (AvgIpc) is 3.01. The third-order valence-corrected chi connectivity index (χ3v) is 8.66. The van der Waals surface area contributed by atoms with Crippen LogP contribution in [-0.2, 0) is 32.6 Å². The van der Waals surface area contributed by atoms with Crippen LogP contribution in [0.4, 0.5) is 10.1 Å². The number of para-hydroxylation sites is 1. The second-order valence-electron chi connectivity index (χ2n) is 10.7. The van der Waals surface area contributed by atoms with Crippen LogP contribution in [0.25, 0.3) is 0 Å². The number of hydrogen-bond acceptors (Lipinski definition) is 4. The average molecular weight is 602 g/mol. The number of carbonyl (C=O) groups is 2. The summed E-state index contributed by atoms with van der Waals surface area (Å²) in [7, 11) is -4.28. The topological polar surface area (TPSA) is 86.8 Å². The van der Waals surface area contributed by atoms with E-state index < -0.39 is 34.3 Å². The third kappa shape index (κ3) is 8.51. The summed E-state index contributed by atoms with van der Waals surface area (Å²) in [6, 6.07) is 30.5. The minimum atomic E-state index is -4.28. The Bertz CT molecular complexity index is 1580. The Kier molecular flexibility index (Phi) is 10.7. The molecule has 4 aromatic rings. The molecule has 0 bridgehead atoms. The van der Waals surface area contributed by atoms with Gasteiger partial charge in [-0.25, -0.2) is 12.8 Å². The Labute approximate surface area is 253 Å². The number of benzene rings is 4. The van der Waals surface area contributed by atoms with Crippen LogP contribution in [0.1, 0.15) is 25.0 Å². The Morgan fingerprint density at radius 1 is 0.767 bits per heavy atom. The van der Waals surface area contributed by atoms with E-state index >= 15 is 0 Å². The number of anilines is 1. The second kappa shape index (κ2) is 14.6. The van der Waals surface area contributed by atoms with E-state index in [-0.39, 0.29) is 35.4 Å². The summed E-state index contributed by atoms with van der Waals surface area (Å²) in [5.41, 5.74) is 1.92. The summed E-state index contributed by atoms with van der Waals surface area (Å²) >= 11 is 0. The van der Waals surface area contributed by atoms with Crippen molar-refractivity contribution in [2.75, 3.05) is 17.4 Å². The molecular formula is C34H36FN3O4S. The van der Waals surface area contributed by atoms with Gasteiger partial charge < -0.3 is 10.2 Å². The molecule has 2 amide bonds. The number of nitrogens with one attached hydrogen (secondary N) is 1. The van der Waals surface area contributed by atoms with Crippen molar-refractivity contribution in [3.05, 3.63) is 132 Å². The van der Waals surface area contributed by atoms with Crippen molar-refractivity contribution in [3.63, 3.8) is 0 Å². The molecule has 9 heteroatoms. The smallest absolute Gasteiger partial charge is 0.264 e. The van der Waals surface area contributed by atoms with Crippen molar-refractivity contribution in [3.8, 4) is 0 Å². The Morgan fingerprint density at radius 3 is 1.86 bits per heavy atom. The molecule has 0 radical (unpaired) electrons. The summed E-state index contributed by atoms with van der Waals surface area (Å²) in [6.45, 7) is 3.91. The van der Waals surface area contributed by atoms with Crippen LogP contribution in [0, 0.1) is 11.7 Å². The van der Waals surface area contributed by atoms with Gasteiger partial charge in [0.25, 0.3) is 10.0 Å². The lowest BCUT2D eigenvalue weighted by atomic mass is 10.0. The highest BCUT2D eigenvalue weighted by Gasteiger charge is 2.34. The molecule has 0 unspecified atom stereocenters. The first-order valence-corrected chi connectivity index (χ1v) is 15.6. The SMILES string of the molecule is CC(C)CNC(=O)[C@H](Cc1ccccc1)N(Cc1ccccc1)C(=O)CN(c1ccccc1)S(=O)(=O)c1ccc(F)cc1. The first-order chi connectivity index (χ1) is 20.6. The van der Waals surface area contributed by atoms with E-state index in [4.69, 9.17) is 0 Å². The number of nitrogens with zero attached hydrogens (tertiary/aromatic N) is 2. The minimum absolute atomic E-state index is 0.0888. The monoisotopic (exact) mass is 601 g/mol. The zero-order chi connectivity index (χ0) is 30.8. The first kappa shape index (κ1) is 31.4. The van der Waals surface area contributed by atoms with Crippen molar-refractivity contribution >= 4 is 27.5 Å². The van der Waals surface area contributed by atoms with Crippen LogP contribution in [-0.4, -0.2) is 44.3 Å². The van der Waals surface area contributed by atoms with Gasteiger partial charge in [0, 0.05) is 19.5 Å².